The van der Waals surface area contributed by atoms with E-state index in [-0.39, 0.29) is 18.6 Å². The highest BCUT2D eigenvalue weighted by Crippen LogP contribution is 2.33. The molecule has 13 heavy (non-hydrogen) atoms. The quantitative estimate of drug-likeness (QED) is 0.702. The predicted octanol–water partition coefficient (Wildman–Crippen LogP) is 0.770. The first-order valence-electron chi connectivity index (χ1n) is 5.21. The van der Waals surface area contributed by atoms with Crippen molar-refractivity contribution in [3.05, 3.63) is 0 Å². The average Bonchev–Trinajstić information content (AvgIpc) is 2.82. The van der Waals surface area contributed by atoms with Crippen molar-refractivity contribution in [1.29, 1.82) is 0 Å². The van der Waals surface area contributed by atoms with Crippen molar-refractivity contribution in [2.45, 2.75) is 38.1 Å². The van der Waals surface area contributed by atoms with Gasteiger partial charge in [-0.1, -0.05) is 0 Å². The lowest BCUT2D eigenvalue weighted by Crippen LogP contribution is -2.37. The van der Waals surface area contributed by atoms with Crippen molar-refractivity contribution in [2.75, 3.05) is 13.2 Å². The van der Waals surface area contributed by atoms with Crippen LogP contribution in [0.2, 0.25) is 0 Å². The minimum atomic E-state index is 0.117. The number of hydrogen-bond acceptors (Lipinski definition) is 2. The number of hydrogen-bond donors (Lipinski definition) is 1. The lowest BCUT2D eigenvalue weighted by molar-refractivity contribution is -0.133. The van der Waals surface area contributed by atoms with E-state index in [1.54, 1.807) is 0 Å². The van der Waals surface area contributed by atoms with Gasteiger partial charge in [-0.05, 0) is 31.6 Å². The maximum Gasteiger partial charge on any atom is 0.223 e. The summed E-state index contributed by atoms with van der Waals surface area (Å²) in [5, 5.41) is 9.04. The molecule has 1 saturated heterocycles. The second-order valence-corrected chi connectivity index (χ2v) is 4.21. The Balaban J connectivity index is 1.86. The molecule has 1 heterocycles. The molecule has 0 spiro atoms. The van der Waals surface area contributed by atoms with Crippen LogP contribution in [0.5, 0.6) is 0 Å². The molecule has 0 aromatic carbocycles. The van der Waals surface area contributed by atoms with Crippen LogP contribution < -0.4 is 0 Å². The lowest BCUT2D eigenvalue weighted by atomic mass is 10.2. The second kappa shape index (κ2) is 3.66. The zero-order valence-corrected chi connectivity index (χ0v) is 7.91. The first kappa shape index (κ1) is 9.00. The van der Waals surface area contributed by atoms with Crippen LogP contribution in [0.1, 0.15) is 32.1 Å². The number of nitrogens with zero attached hydrogens (tertiary/aromatic N) is 1. The molecule has 2 fully saturated rings. The summed E-state index contributed by atoms with van der Waals surface area (Å²) in [5.74, 6) is 0.923. The van der Waals surface area contributed by atoms with E-state index in [4.69, 9.17) is 5.11 Å². The summed E-state index contributed by atoms with van der Waals surface area (Å²) in [6.45, 7) is 0.993. The zero-order valence-electron chi connectivity index (χ0n) is 7.91. The summed E-state index contributed by atoms with van der Waals surface area (Å²) >= 11 is 0. The predicted molar refractivity (Wildman–Crippen MR) is 49.2 cm³/mol. The van der Waals surface area contributed by atoms with E-state index in [2.05, 4.69) is 0 Å². The number of aliphatic hydroxyl groups excluding tert-OH is 1. The molecule has 1 amide bonds. The molecule has 3 nitrogen and oxygen atoms in total. The summed E-state index contributed by atoms with van der Waals surface area (Å²) in [5.41, 5.74) is 0. The summed E-state index contributed by atoms with van der Waals surface area (Å²) < 4.78 is 0. The van der Waals surface area contributed by atoms with E-state index in [1.165, 1.54) is 12.8 Å². The Labute approximate surface area is 78.7 Å². The second-order valence-electron chi connectivity index (χ2n) is 4.21. The lowest BCUT2D eigenvalue weighted by Gasteiger charge is -2.22. The molecule has 2 aliphatic rings. The van der Waals surface area contributed by atoms with Crippen molar-refractivity contribution in [2.24, 2.45) is 5.92 Å². The fraction of sp³-hybridized carbons (Fsp3) is 0.900. The van der Waals surface area contributed by atoms with Gasteiger partial charge in [0, 0.05) is 13.0 Å². The summed E-state index contributed by atoms with van der Waals surface area (Å²) in [6, 6.07) is 0.117. The van der Waals surface area contributed by atoms with Gasteiger partial charge in [0.25, 0.3) is 0 Å². The Hall–Kier alpha value is -0.570. The van der Waals surface area contributed by atoms with E-state index < -0.39 is 0 Å². The highest BCUT2D eigenvalue weighted by molar-refractivity contribution is 5.77. The molecular formula is C10H17NO2. The number of aliphatic hydroxyl groups is 1. The molecule has 0 unspecified atom stereocenters. The molecule has 1 aliphatic carbocycles. The fourth-order valence-corrected chi connectivity index (χ4v) is 2.04. The maximum atomic E-state index is 11.7. The summed E-state index contributed by atoms with van der Waals surface area (Å²) in [6.07, 6.45) is 5.21. The molecule has 1 saturated carbocycles. The van der Waals surface area contributed by atoms with Gasteiger partial charge in [0.1, 0.15) is 0 Å². The summed E-state index contributed by atoms with van der Waals surface area (Å²) in [4.78, 5) is 13.6. The van der Waals surface area contributed by atoms with Crippen LogP contribution in [-0.4, -0.2) is 35.1 Å². The minimum absolute atomic E-state index is 0.117. The minimum Gasteiger partial charge on any atom is -0.394 e. The zero-order chi connectivity index (χ0) is 9.26. The Morgan fingerprint density at radius 3 is 2.77 bits per heavy atom. The van der Waals surface area contributed by atoms with Gasteiger partial charge in [-0.3, -0.25) is 4.79 Å². The standard InChI is InChI=1S/C10H17NO2/c12-7-9-2-1-5-11(9)10(13)6-8-3-4-8/h8-9,12H,1-7H2/t9-/m1/s1. The van der Waals surface area contributed by atoms with Crippen LogP contribution in [-0.2, 0) is 4.79 Å². The monoisotopic (exact) mass is 183 g/mol. The van der Waals surface area contributed by atoms with Gasteiger partial charge in [0.05, 0.1) is 12.6 Å². The molecule has 2 rings (SSSR count). The van der Waals surface area contributed by atoms with E-state index in [0.717, 1.165) is 25.8 Å². The highest BCUT2D eigenvalue weighted by Gasteiger charge is 2.32. The van der Waals surface area contributed by atoms with Crippen molar-refractivity contribution in [3.8, 4) is 0 Å². The van der Waals surface area contributed by atoms with Crippen LogP contribution in [0.15, 0.2) is 0 Å². The van der Waals surface area contributed by atoms with E-state index in [9.17, 15) is 4.79 Å². The van der Waals surface area contributed by atoms with Crippen LogP contribution in [0.3, 0.4) is 0 Å². The topological polar surface area (TPSA) is 40.5 Å². The number of rotatable bonds is 3. The number of carbonyl (C=O) groups excluding carboxylic acids is 1. The molecule has 1 N–H and O–H groups in total. The third-order valence-electron chi connectivity index (χ3n) is 3.07. The molecule has 1 aliphatic heterocycles. The molecular weight excluding hydrogens is 166 g/mol. The van der Waals surface area contributed by atoms with Crippen LogP contribution in [0.4, 0.5) is 0 Å². The molecule has 0 aromatic heterocycles. The van der Waals surface area contributed by atoms with Gasteiger partial charge in [0.15, 0.2) is 0 Å². The van der Waals surface area contributed by atoms with Gasteiger partial charge in [-0.15, -0.1) is 0 Å². The van der Waals surface area contributed by atoms with Gasteiger partial charge >= 0.3 is 0 Å². The van der Waals surface area contributed by atoms with Crippen molar-refractivity contribution in [3.63, 3.8) is 0 Å². The van der Waals surface area contributed by atoms with Crippen LogP contribution >= 0.6 is 0 Å². The number of amides is 1. The third kappa shape index (κ3) is 2.02. The van der Waals surface area contributed by atoms with E-state index in [0.29, 0.717) is 5.92 Å². The highest BCUT2D eigenvalue weighted by atomic mass is 16.3. The van der Waals surface area contributed by atoms with Crippen molar-refractivity contribution >= 4 is 5.91 Å². The largest absolute Gasteiger partial charge is 0.394 e. The Kier molecular flexibility index (Phi) is 2.54. The average molecular weight is 183 g/mol. The maximum absolute atomic E-state index is 11.7. The van der Waals surface area contributed by atoms with Crippen LogP contribution in [0.25, 0.3) is 0 Å². The summed E-state index contributed by atoms with van der Waals surface area (Å²) in [7, 11) is 0. The Bertz CT molecular complexity index is 201. The molecule has 0 radical (unpaired) electrons. The Morgan fingerprint density at radius 1 is 1.38 bits per heavy atom. The molecule has 0 aromatic rings. The van der Waals surface area contributed by atoms with Crippen molar-refractivity contribution in [1.82, 2.24) is 4.90 Å². The fourth-order valence-electron chi connectivity index (χ4n) is 2.04. The third-order valence-corrected chi connectivity index (χ3v) is 3.07. The van der Waals surface area contributed by atoms with Gasteiger partial charge in [-0.25, -0.2) is 0 Å². The molecule has 1 atom stereocenters. The van der Waals surface area contributed by atoms with E-state index in [1.807, 2.05) is 4.90 Å². The number of carbonyl (C=O) groups is 1. The normalized spacial score (nSPS) is 28.1. The van der Waals surface area contributed by atoms with Gasteiger partial charge in [0.2, 0.25) is 5.91 Å². The SMILES string of the molecule is O=C(CC1CC1)N1CCC[C@@H]1CO. The molecule has 74 valence electrons. The molecule has 3 heteroatoms. The smallest absolute Gasteiger partial charge is 0.223 e. The Morgan fingerprint density at radius 2 is 2.15 bits per heavy atom. The molecule has 0 bridgehead atoms. The first-order valence-corrected chi connectivity index (χ1v) is 5.21. The van der Waals surface area contributed by atoms with Gasteiger partial charge in [-0.2, -0.15) is 0 Å². The van der Waals surface area contributed by atoms with Gasteiger partial charge < -0.3 is 10.0 Å². The van der Waals surface area contributed by atoms with Crippen LogP contribution in [0, 0.1) is 5.92 Å². The number of likely N-dealkylation sites (tertiary alicyclic amines) is 1. The first-order chi connectivity index (χ1) is 6.31. The van der Waals surface area contributed by atoms with E-state index >= 15 is 0 Å². The van der Waals surface area contributed by atoms with Crippen molar-refractivity contribution < 1.29 is 9.90 Å².